The number of benzene rings is 11. The molecule has 11 aromatic carbocycles. The molecule has 1 aromatic heterocycles. The van der Waals surface area contributed by atoms with E-state index < -0.39 is 5.41 Å². The molecule has 0 N–H and O–H groups in total. The maximum Gasteiger partial charge on any atom is 0.135 e. The number of anilines is 3. The predicted molar refractivity (Wildman–Crippen MR) is 300 cm³/mol. The zero-order chi connectivity index (χ0) is 48.0. The van der Waals surface area contributed by atoms with Crippen molar-refractivity contribution in [1.82, 2.24) is 0 Å². The predicted octanol–water partition coefficient (Wildman–Crippen LogP) is 18.7. The molecule has 12 aromatic rings. The Morgan fingerprint density at radius 1 is 0.306 bits per heavy atom. The second kappa shape index (κ2) is 16.3. The third-order valence-electron chi connectivity index (χ3n) is 15.8. The summed E-state index contributed by atoms with van der Waals surface area (Å²) in [5.41, 5.74) is 24.3. The second-order valence-electron chi connectivity index (χ2n) is 19.9. The van der Waals surface area contributed by atoms with Gasteiger partial charge in [0, 0.05) is 33.0 Å². The number of para-hydroxylation sites is 2. The van der Waals surface area contributed by atoms with Crippen molar-refractivity contribution in [2.75, 3.05) is 4.90 Å². The fourth-order valence-electron chi connectivity index (χ4n) is 12.6. The molecule has 0 fully saturated rings. The normalized spacial score (nSPS) is 13.6. The first kappa shape index (κ1) is 41.9. The molecule has 0 saturated heterocycles. The Morgan fingerprint density at radius 2 is 0.792 bits per heavy atom. The molecule has 2 aliphatic rings. The van der Waals surface area contributed by atoms with E-state index >= 15 is 0 Å². The lowest BCUT2D eigenvalue weighted by Crippen LogP contribution is -2.40. The van der Waals surface area contributed by atoms with Crippen LogP contribution in [0.25, 0.3) is 77.6 Å². The quantitative estimate of drug-likeness (QED) is 0.158. The number of rotatable bonds is 7. The second-order valence-corrected chi connectivity index (χ2v) is 19.9. The monoisotopic (exact) mass is 919 g/mol. The van der Waals surface area contributed by atoms with Gasteiger partial charge < -0.3 is 9.32 Å². The van der Waals surface area contributed by atoms with Crippen molar-refractivity contribution in [1.29, 1.82) is 0 Å². The average molecular weight is 920 g/mol. The van der Waals surface area contributed by atoms with E-state index in [4.69, 9.17) is 4.42 Å². The van der Waals surface area contributed by atoms with Gasteiger partial charge in [-0.1, -0.05) is 232 Å². The smallest absolute Gasteiger partial charge is 0.135 e. The van der Waals surface area contributed by atoms with Crippen LogP contribution < -0.4 is 4.90 Å². The van der Waals surface area contributed by atoms with Gasteiger partial charge in [-0.3, -0.25) is 0 Å². The molecule has 0 aliphatic heterocycles. The maximum absolute atomic E-state index is 6.25. The zero-order valence-corrected chi connectivity index (χ0v) is 40.2. The van der Waals surface area contributed by atoms with Crippen molar-refractivity contribution < 1.29 is 4.42 Å². The van der Waals surface area contributed by atoms with Crippen molar-refractivity contribution in [3.05, 3.63) is 294 Å². The van der Waals surface area contributed by atoms with Crippen molar-refractivity contribution in [2.24, 2.45) is 0 Å². The van der Waals surface area contributed by atoms with E-state index in [1.54, 1.807) is 0 Å². The summed E-state index contributed by atoms with van der Waals surface area (Å²) in [4.78, 5) is 2.53. The minimum atomic E-state index is -0.538. The lowest BCUT2D eigenvalue weighted by Gasteiger charge is -2.46. The highest BCUT2D eigenvalue weighted by Crippen LogP contribution is 2.64. The Hall–Kier alpha value is -8.98. The van der Waals surface area contributed by atoms with Crippen LogP contribution in [0, 0.1) is 0 Å². The number of fused-ring (bicyclic) bond motifs is 12. The van der Waals surface area contributed by atoms with Gasteiger partial charge in [-0.2, -0.15) is 0 Å². The minimum absolute atomic E-state index is 0.192. The van der Waals surface area contributed by atoms with E-state index in [9.17, 15) is 0 Å². The van der Waals surface area contributed by atoms with Crippen LogP contribution in [0.2, 0.25) is 0 Å². The molecule has 72 heavy (non-hydrogen) atoms. The van der Waals surface area contributed by atoms with Crippen LogP contribution in [0.3, 0.4) is 0 Å². The first-order valence-corrected chi connectivity index (χ1v) is 25.1. The van der Waals surface area contributed by atoms with E-state index in [0.29, 0.717) is 0 Å². The van der Waals surface area contributed by atoms with Gasteiger partial charge in [-0.25, -0.2) is 0 Å². The fourth-order valence-corrected chi connectivity index (χ4v) is 12.6. The molecule has 1 spiro atoms. The van der Waals surface area contributed by atoms with Gasteiger partial charge in [0.05, 0.1) is 16.8 Å². The van der Waals surface area contributed by atoms with Crippen LogP contribution in [0.4, 0.5) is 17.1 Å². The molecule has 0 saturated carbocycles. The molecule has 340 valence electrons. The van der Waals surface area contributed by atoms with Gasteiger partial charge >= 0.3 is 0 Å². The molecule has 2 heteroatoms. The Balaban J connectivity index is 1.02. The largest absolute Gasteiger partial charge is 0.456 e. The highest BCUT2D eigenvalue weighted by Gasteiger charge is 2.54. The SMILES string of the molecule is CC1(C)c2ccccc2C2(c3ccccc3-c3c(N(c4ccc(-c5ccc6oc7ccccc7c6c5)cc4)c4ccccc4-c4ccccc4-c4ccccc4-c4ccccc4)cccc32)c2ccccc21. The summed E-state index contributed by atoms with van der Waals surface area (Å²) in [5.74, 6) is 0. The molecule has 2 aliphatic carbocycles. The maximum atomic E-state index is 6.25. The molecule has 2 nitrogen and oxygen atoms in total. The third kappa shape index (κ3) is 6.15. The number of furan rings is 1. The highest BCUT2D eigenvalue weighted by atomic mass is 16.3. The highest BCUT2D eigenvalue weighted by molar-refractivity contribution is 6.07. The van der Waals surface area contributed by atoms with Gasteiger partial charge in [0.25, 0.3) is 0 Å². The van der Waals surface area contributed by atoms with Crippen molar-refractivity contribution >= 4 is 39.0 Å². The summed E-state index contributed by atoms with van der Waals surface area (Å²) in [6.45, 7) is 4.78. The van der Waals surface area contributed by atoms with Gasteiger partial charge in [0.15, 0.2) is 0 Å². The first-order valence-electron chi connectivity index (χ1n) is 25.1. The van der Waals surface area contributed by atoms with Crippen LogP contribution in [-0.4, -0.2) is 0 Å². The zero-order valence-electron chi connectivity index (χ0n) is 40.2. The Kier molecular flexibility index (Phi) is 9.50. The van der Waals surface area contributed by atoms with Crippen LogP contribution >= 0.6 is 0 Å². The lowest BCUT2D eigenvalue weighted by atomic mass is 9.55. The Bertz CT molecular complexity index is 4030. The van der Waals surface area contributed by atoms with Gasteiger partial charge in [-0.15, -0.1) is 0 Å². The van der Waals surface area contributed by atoms with Gasteiger partial charge in [0.1, 0.15) is 11.2 Å². The molecular weight excluding hydrogens is 871 g/mol. The number of hydrogen-bond donors (Lipinski definition) is 0. The molecular formula is C70H49NO. The van der Waals surface area contributed by atoms with Crippen molar-refractivity contribution in [2.45, 2.75) is 24.7 Å². The number of nitrogens with zero attached hydrogens (tertiary/aromatic N) is 1. The Morgan fingerprint density at radius 3 is 1.50 bits per heavy atom. The summed E-state index contributed by atoms with van der Waals surface area (Å²) in [6.07, 6.45) is 0. The molecule has 0 atom stereocenters. The van der Waals surface area contributed by atoms with Gasteiger partial charge in [0.2, 0.25) is 0 Å². The van der Waals surface area contributed by atoms with Crippen LogP contribution in [0.15, 0.2) is 265 Å². The average Bonchev–Trinajstić information content (AvgIpc) is 3.98. The topological polar surface area (TPSA) is 16.4 Å². The van der Waals surface area contributed by atoms with Crippen molar-refractivity contribution in [3.8, 4) is 55.6 Å². The first-order chi connectivity index (χ1) is 35.5. The third-order valence-corrected chi connectivity index (χ3v) is 15.8. The molecule has 0 amide bonds. The van der Waals surface area contributed by atoms with E-state index in [1.165, 1.54) is 72.3 Å². The molecule has 1 heterocycles. The van der Waals surface area contributed by atoms with Crippen LogP contribution in [0.1, 0.15) is 47.2 Å². The van der Waals surface area contributed by atoms with E-state index in [0.717, 1.165) is 55.7 Å². The Labute approximate surface area is 420 Å². The summed E-state index contributed by atoms with van der Waals surface area (Å²) in [5, 5.41) is 2.25. The minimum Gasteiger partial charge on any atom is -0.456 e. The van der Waals surface area contributed by atoms with Crippen LogP contribution in [-0.2, 0) is 10.8 Å². The summed E-state index contributed by atoms with van der Waals surface area (Å²) < 4.78 is 6.25. The summed E-state index contributed by atoms with van der Waals surface area (Å²) in [6, 6.07) is 96.2. The molecule has 0 bridgehead atoms. The van der Waals surface area contributed by atoms with E-state index in [-0.39, 0.29) is 5.41 Å². The van der Waals surface area contributed by atoms with E-state index in [1.807, 2.05) is 12.1 Å². The summed E-state index contributed by atoms with van der Waals surface area (Å²) in [7, 11) is 0. The van der Waals surface area contributed by atoms with E-state index in [2.05, 4.69) is 267 Å². The van der Waals surface area contributed by atoms with Crippen molar-refractivity contribution in [3.63, 3.8) is 0 Å². The number of hydrogen-bond acceptors (Lipinski definition) is 2. The fraction of sp³-hybridized carbons (Fsp3) is 0.0571. The summed E-state index contributed by atoms with van der Waals surface area (Å²) >= 11 is 0. The molecule has 0 unspecified atom stereocenters. The lowest BCUT2D eigenvalue weighted by molar-refractivity contribution is 0.563. The standard InChI is InChI=1S/C70H49NO/c1-69(2)59-31-14-16-33-61(59)70(62-34-17-15-32-60(62)69)58-30-13-10-29-56(58)68-63(70)35-20-37-65(68)71(49-42-39-46(40-43-49)48-41-44-67-57(45-48)55-28-12-19-38-66(55)72-67)64-36-18-11-27-54(64)53-26-9-8-25-52(53)51-24-7-6-23-50(51)47-21-4-3-5-22-47/h3-45H,1-2H3. The molecule has 0 radical (unpaired) electrons. The van der Waals surface area contributed by atoms with Crippen LogP contribution in [0.5, 0.6) is 0 Å². The van der Waals surface area contributed by atoms with Gasteiger partial charge in [-0.05, 0) is 120 Å². The molecule has 14 rings (SSSR count).